The lowest BCUT2D eigenvalue weighted by Crippen LogP contribution is -2.07. The van der Waals surface area contributed by atoms with E-state index in [-0.39, 0.29) is 11.3 Å². The van der Waals surface area contributed by atoms with Crippen LogP contribution in [0.4, 0.5) is 5.69 Å². The molecule has 2 aromatic rings. The Morgan fingerprint density at radius 1 is 1.39 bits per heavy atom. The lowest BCUT2D eigenvalue weighted by Gasteiger charge is -1.99. The predicted molar refractivity (Wildman–Crippen MR) is 72.8 cm³/mol. The first kappa shape index (κ1) is 12.6. The molecule has 1 aromatic heterocycles. The summed E-state index contributed by atoms with van der Waals surface area (Å²) in [6, 6.07) is 8.69. The molecule has 0 saturated heterocycles. The number of aromatic hydroxyl groups is 1. The van der Waals surface area contributed by atoms with E-state index in [2.05, 4.69) is 20.9 Å². The van der Waals surface area contributed by atoms with Crippen molar-refractivity contribution >= 4 is 27.8 Å². The van der Waals surface area contributed by atoms with Gasteiger partial charge in [0.25, 0.3) is 0 Å². The van der Waals surface area contributed by atoms with E-state index < -0.39 is 5.63 Å². The summed E-state index contributed by atoms with van der Waals surface area (Å²) in [5.41, 5.74) is 0.0940. The molecular weight excluding hydrogens is 298 g/mol. The van der Waals surface area contributed by atoms with Crippen molar-refractivity contribution in [3.8, 4) is 5.75 Å². The third-order valence-corrected chi connectivity index (χ3v) is 2.95. The molecule has 0 fully saturated rings. The Bertz CT molecular complexity index is 662. The first-order valence-corrected chi connectivity index (χ1v) is 5.99. The molecular formula is C13H10BrNO3. The van der Waals surface area contributed by atoms with Crippen molar-refractivity contribution in [1.82, 2.24) is 0 Å². The van der Waals surface area contributed by atoms with Crippen molar-refractivity contribution in [3.05, 3.63) is 56.5 Å². The first-order chi connectivity index (χ1) is 8.58. The smallest absolute Gasteiger partial charge is 0.348 e. The number of aliphatic imine (C=N–C) groups is 1. The summed E-state index contributed by atoms with van der Waals surface area (Å²) in [5, 5.41) is 9.66. The lowest BCUT2D eigenvalue weighted by molar-refractivity contribution is 0.433. The van der Waals surface area contributed by atoms with Gasteiger partial charge in [-0.25, -0.2) is 4.79 Å². The molecule has 18 heavy (non-hydrogen) atoms. The Hall–Kier alpha value is -1.88. The van der Waals surface area contributed by atoms with Gasteiger partial charge in [0.05, 0.1) is 5.69 Å². The molecule has 0 atom stereocenters. The minimum absolute atomic E-state index is 0.0383. The highest BCUT2D eigenvalue weighted by molar-refractivity contribution is 9.10. The molecule has 0 amide bonds. The Balaban J connectivity index is 2.42. The number of halogens is 1. The highest BCUT2D eigenvalue weighted by Gasteiger charge is 2.07. The molecule has 0 spiro atoms. The van der Waals surface area contributed by atoms with Crippen LogP contribution in [0, 0.1) is 6.92 Å². The molecule has 0 aliphatic carbocycles. The maximum Gasteiger partial charge on any atom is 0.348 e. The van der Waals surface area contributed by atoms with Crippen LogP contribution in [0.5, 0.6) is 5.75 Å². The fraction of sp³-hybridized carbons (Fsp3) is 0.0769. The average molecular weight is 308 g/mol. The standard InChI is InChI=1S/C13H10BrNO3/c1-8-6-12(16)9(13(17)18-8)7-15-11-5-3-2-4-10(11)14/h2-7,16H,1H3. The average Bonchev–Trinajstić information content (AvgIpc) is 2.30. The number of rotatable bonds is 2. The van der Waals surface area contributed by atoms with Crippen molar-refractivity contribution < 1.29 is 9.52 Å². The highest BCUT2D eigenvalue weighted by atomic mass is 79.9. The van der Waals surface area contributed by atoms with E-state index in [0.29, 0.717) is 11.4 Å². The second-order valence-corrected chi connectivity index (χ2v) is 4.51. The van der Waals surface area contributed by atoms with Crippen LogP contribution in [0.3, 0.4) is 0 Å². The zero-order chi connectivity index (χ0) is 13.1. The summed E-state index contributed by atoms with van der Waals surface area (Å²) >= 11 is 3.34. The summed E-state index contributed by atoms with van der Waals surface area (Å²) in [5.74, 6) is 0.218. The summed E-state index contributed by atoms with van der Waals surface area (Å²) < 4.78 is 5.69. The highest BCUT2D eigenvalue weighted by Crippen LogP contribution is 2.24. The number of hydrogen-bond donors (Lipinski definition) is 1. The van der Waals surface area contributed by atoms with Gasteiger partial charge in [-0.1, -0.05) is 12.1 Å². The van der Waals surface area contributed by atoms with Gasteiger partial charge in [-0.15, -0.1) is 0 Å². The van der Waals surface area contributed by atoms with E-state index in [4.69, 9.17) is 4.42 Å². The van der Waals surface area contributed by atoms with E-state index in [1.54, 1.807) is 13.0 Å². The molecule has 0 saturated carbocycles. The van der Waals surface area contributed by atoms with Crippen molar-refractivity contribution in [2.45, 2.75) is 6.92 Å². The van der Waals surface area contributed by atoms with Crippen molar-refractivity contribution in [2.75, 3.05) is 0 Å². The zero-order valence-corrected chi connectivity index (χ0v) is 11.1. The third-order valence-electron chi connectivity index (χ3n) is 2.27. The number of benzene rings is 1. The first-order valence-electron chi connectivity index (χ1n) is 5.20. The summed E-state index contributed by atoms with van der Waals surface area (Å²) in [4.78, 5) is 15.7. The molecule has 2 rings (SSSR count). The maximum atomic E-state index is 11.5. The van der Waals surface area contributed by atoms with Crippen LogP contribution in [0.2, 0.25) is 0 Å². The van der Waals surface area contributed by atoms with E-state index in [9.17, 15) is 9.90 Å². The minimum atomic E-state index is -0.608. The fourth-order valence-electron chi connectivity index (χ4n) is 1.41. The van der Waals surface area contributed by atoms with E-state index in [0.717, 1.165) is 4.47 Å². The molecule has 4 nitrogen and oxygen atoms in total. The topological polar surface area (TPSA) is 62.8 Å². The van der Waals surface area contributed by atoms with Crippen LogP contribution in [0.1, 0.15) is 11.3 Å². The molecule has 0 unspecified atom stereocenters. The fourth-order valence-corrected chi connectivity index (χ4v) is 1.80. The van der Waals surface area contributed by atoms with Gasteiger partial charge in [0, 0.05) is 16.8 Å². The van der Waals surface area contributed by atoms with Crippen LogP contribution in [0.15, 0.2) is 49.0 Å². The second kappa shape index (κ2) is 5.18. The molecule has 1 heterocycles. The predicted octanol–water partition coefficient (Wildman–Crippen LogP) is 3.17. The van der Waals surface area contributed by atoms with Gasteiger partial charge in [0.2, 0.25) is 0 Å². The Kier molecular flexibility index (Phi) is 3.62. The normalized spacial score (nSPS) is 11.0. The Labute approximate surface area is 112 Å². The van der Waals surface area contributed by atoms with Gasteiger partial charge >= 0.3 is 5.63 Å². The van der Waals surface area contributed by atoms with Gasteiger partial charge in [-0.2, -0.15) is 0 Å². The van der Waals surface area contributed by atoms with Crippen molar-refractivity contribution in [2.24, 2.45) is 4.99 Å². The molecule has 0 aliphatic rings. The zero-order valence-electron chi connectivity index (χ0n) is 9.55. The van der Waals surface area contributed by atoms with Crippen LogP contribution >= 0.6 is 15.9 Å². The van der Waals surface area contributed by atoms with Gasteiger partial charge < -0.3 is 9.52 Å². The van der Waals surface area contributed by atoms with Crippen LogP contribution < -0.4 is 5.63 Å². The van der Waals surface area contributed by atoms with Gasteiger partial charge in [0.15, 0.2) is 0 Å². The van der Waals surface area contributed by atoms with Crippen LogP contribution in [-0.4, -0.2) is 11.3 Å². The number of nitrogens with zero attached hydrogens (tertiary/aromatic N) is 1. The molecule has 5 heteroatoms. The molecule has 1 N–H and O–H groups in total. The second-order valence-electron chi connectivity index (χ2n) is 3.65. The minimum Gasteiger partial charge on any atom is -0.507 e. The SMILES string of the molecule is Cc1cc(O)c(C=Nc2ccccc2Br)c(=O)o1. The molecule has 0 aliphatic heterocycles. The van der Waals surface area contributed by atoms with E-state index >= 15 is 0 Å². The third kappa shape index (κ3) is 2.68. The van der Waals surface area contributed by atoms with Crippen LogP contribution in [0.25, 0.3) is 0 Å². The molecule has 92 valence electrons. The molecule has 0 bridgehead atoms. The summed E-state index contributed by atoms with van der Waals surface area (Å²) in [7, 11) is 0. The van der Waals surface area contributed by atoms with Crippen LogP contribution in [-0.2, 0) is 0 Å². The molecule has 1 aromatic carbocycles. The Morgan fingerprint density at radius 3 is 2.78 bits per heavy atom. The maximum absolute atomic E-state index is 11.5. The summed E-state index contributed by atoms with van der Waals surface area (Å²) in [6.45, 7) is 1.59. The number of hydrogen-bond acceptors (Lipinski definition) is 4. The van der Waals surface area contributed by atoms with Gasteiger partial charge in [0.1, 0.15) is 17.1 Å². The number of para-hydroxylation sites is 1. The van der Waals surface area contributed by atoms with Gasteiger partial charge in [-0.3, -0.25) is 4.99 Å². The van der Waals surface area contributed by atoms with Crippen molar-refractivity contribution in [3.63, 3.8) is 0 Å². The lowest BCUT2D eigenvalue weighted by atomic mass is 10.2. The van der Waals surface area contributed by atoms with E-state index in [1.807, 2.05) is 18.2 Å². The Morgan fingerprint density at radius 2 is 2.11 bits per heavy atom. The number of aryl methyl sites for hydroxylation is 1. The van der Waals surface area contributed by atoms with Crippen molar-refractivity contribution in [1.29, 1.82) is 0 Å². The molecule has 0 radical (unpaired) electrons. The largest absolute Gasteiger partial charge is 0.507 e. The monoisotopic (exact) mass is 307 g/mol. The summed E-state index contributed by atoms with van der Waals surface area (Å²) in [6.07, 6.45) is 1.29. The quantitative estimate of drug-likeness (QED) is 0.867. The van der Waals surface area contributed by atoms with Gasteiger partial charge in [-0.05, 0) is 35.0 Å². The van der Waals surface area contributed by atoms with E-state index in [1.165, 1.54) is 12.3 Å².